The molecule has 0 radical (unpaired) electrons. The lowest BCUT2D eigenvalue weighted by molar-refractivity contribution is 0.563. The van der Waals surface area contributed by atoms with E-state index in [1.54, 1.807) is 42.5 Å². The number of rotatable bonds is 4. The molecule has 0 bridgehead atoms. The molecule has 6 heteroatoms. The van der Waals surface area contributed by atoms with Crippen LogP contribution in [0.15, 0.2) is 93.0 Å². The van der Waals surface area contributed by atoms with Gasteiger partial charge in [0, 0.05) is 11.1 Å². The number of aryl methyl sites for hydroxylation is 1. The van der Waals surface area contributed by atoms with E-state index in [0.29, 0.717) is 22.4 Å². The first-order valence-electron chi connectivity index (χ1n) is 8.65. The standard InChI is InChI=1S/C22H17NO4S/c1-15-6-10-18(11-7-15)23-28(25,26)19-12-8-16(9-13-19)20-14-17-4-2-3-5-21(17)27-22(20)24/h2-14,23H,1H3. The highest BCUT2D eigenvalue weighted by Gasteiger charge is 2.15. The Balaban J connectivity index is 1.66. The lowest BCUT2D eigenvalue weighted by Crippen LogP contribution is -2.13. The summed E-state index contributed by atoms with van der Waals surface area (Å²) in [5, 5.41) is 0.801. The Labute approximate surface area is 162 Å². The second-order valence-corrected chi connectivity index (χ2v) is 8.16. The van der Waals surface area contributed by atoms with Gasteiger partial charge in [-0.3, -0.25) is 4.72 Å². The van der Waals surface area contributed by atoms with Crippen molar-refractivity contribution < 1.29 is 12.8 Å². The minimum atomic E-state index is -3.72. The molecule has 1 aromatic heterocycles. The molecule has 0 unspecified atom stereocenters. The molecule has 0 saturated carbocycles. The van der Waals surface area contributed by atoms with E-state index in [4.69, 9.17) is 4.42 Å². The summed E-state index contributed by atoms with van der Waals surface area (Å²) < 4.78 is 33.1. The average Bonchev–Trinajstić information content (AvgIpc) is 2.69. The molecule has 4 rings (SSSR count). The summed E-state index contributed by atoms with van der Waals surface area (Å²) in [5.41, 5.74) is 2.55. The molecule has 0 aliphatic heterocycles. The first-order valence-corrected chi connectivity index (χ1v) is 10.1. The predicted octanol–water partition coefficient (Wildman–Crippen LogP) is 4.57. The van der Waals surface area contributed by atoms with Gasteiger partial charge < -0.3 is 4.42 Å². The van der Waals surface area contributed by atoms with E-state index in [1.165, 1.54) is 12.1 Å². The Morgan fingerprint density at radius 1 is 0.857 bits per heavy atom. The highest BCUT2D eigenvalue weighted by atomic mass is 32.2. The maximum absolute atomic E-state index is 12.6. The summed E-state index contributed by atoms with van der Waals surface area (Å²) in [7, 11) is -3.72. The van der Waals surface area contributed by atoms with Crippen molar-refractivity contribution in [2.45, 2.75) is 11.8 Å². The van der Waals surface area contributed by atoms with E-state index in [1.807, 2.05) is 31.2 Å². The second kappa shape index (κ2) is 6.98. The van der Waals surface area contributed by atoms with Crippen LogP contribution in [0.5, 0.6) is 0 Å². The molecule has 0 atom stereocenters. The van der Waals surface area contributed by atoms with Crippen LogP contribution in [0.2, 0.25) is 0 Å². The zero-order valence-electron chi connectivity index (χ0n) is 15.0. The lowest BCUT2D eigenvalue weighted by atomic mass is 10.1. The Morgan fingerprint density at radius 3 is 2.25 bits per heavy atom. The Kier molecular flexibility index (Phi) is 4.49. The van der Waals surface area contributed by atoms with Crippen molar-refractivity contribution in [3.05, 3.63) is 94.8 Å². The van der Waals surface area contributed by atoms with Crippen LogP contribution in [0, 0.1) is 6.92 Å². The molecule has 0 saturated heterocycles. The fourth-order valence-electron chi connectivity index (χ4n) is 2.91. The second-order valence-electron chi connectivity index (χ2n) is 6.48. The number of anilines is 1. The van der Waals surface area contributed by atoms with Gasteiger partial charge in [-0.25, -0.2) is 13.2 Å². The van der Waals surface area contributed by atoms with Crippen molar-refractivity contribution in [3.8, 4) is 11.1 Å². The summed E-state index contributed by atoms with van der Waals surface area (Å²) in [4.78, 5) is 12.4. The topological polar surface area (TPSA) is 76.4 Å². The van der Waals surface area contributed by atoms with E-state index in [-0.39, 0.29) is 4.90 Å². The molecule has 0 fully saturated rings. The number of hydrogen-bond acceptors (Lipinski definition) is 4. The molecular weight excluding hydrogens is 374 g/mol. The van der Waals surface area contributed by atoms with Gasteiger partial charge in [-0.1, -0.05) is 48.0 Å². The predicted molar refractivity (Wildman–Crippen MR) is 110 cm³/mol. The van der Waals surface area contributed by atoms with Crippen LogP contribution in [0.25, 0.3) is 22.1 Å². The van der Waals surface area contributed by atoms with Crippen molar-refractivity contribution in [1.82, 2.24) is 0 Å². The minimum Gasteiger partial charge on any atom is -0.422 e. The van der Waals surface area contributed by atoms with Crippen molar-refractivity contribution >= 4 is 26.7 Å². The van der Waals surface area contributed by atoms with Crippen molar-refractivity contribution in [2.75, 3.05) is 4.72 Å². The fourth-order valence-corrected chi connectivity index (χ4v) is 3.97. The normalized spacial score (nSPS) is 11.5. The molecule has 3 aromatic carbocycles. The molecule has 28 heavy (non-hydrogen) atoms. The van der Waals surface area contributed by atoms with Crippen LogP contribution in [0.4, 0.5) is 5.69 Å². The zero-order valence-corrected chi connectivity index (χ0v) is 15.9. The van der Waals surface area contributed by atoms with Crippen LogP contribution in [0.3, 0.4) is 0 Å². The molecule has 0 spiro atoms. The molecule has 0 aliphatic rings. The molecule has 5 nitrogen and oxygen atoms in total. The lowest BCUT2D eigenvalue weighted by Gasteiger charge is -2.09. The van der Waals surface area contributed by atoms with E-state index in [0.717, 1.165) is 10.9 Å². The third-order valence-electron chi connectivity index (χ3n) is 4.42. The van der Waals surface area contributed by atoms with Gasteiger partial charge in [0.25, 0.3) is 10.0 Å². The number of hydrogen-bond donors (Lipinski definition) is 1. The van der Waals surface area contributed by atoms with E-state index in [2.05, 4.69) is 4.72 Å². The number of benzene rings is 3. The van der Waals surface area contributed by atoms with Gasteiger partial charge in [0.1, 0.15) is 5.58 Å². The van der Waals surface area contributed by atoms with Crippen LogP contribution in [0.1, 0.15) is 5.56 Å². The van der Waals surface area contributed by atoms with Gasteiger partial charge in [0.05, 0.1) is 10.5 Å². The SMILES string of the molecule is Cc1ccc(NS(=O)(=O)c2ccc(-c3cc4ccccc4oc3=O)cc2)cc1. The maximum atomic E-state index is 12.6. The Bertz CT molecular complexity index is 1310. The molecule has 140 valence electrons. The first kappa shape index (κ1) is 18.0. The van der Waals surface area contributed by atoms with Crippen LogP contribution in [-0.4, -0.2) is 8.42 Å². The summed E-state index contributed by atoms with van der Waals surface area (Å²) in [6.45, 7) is 1.93. The van der Waals surface area contributed by atoms with Gasteiger partial charge in [0.15, 0.2) is 0 Å². The average molecular weight is 391 g/mol. The summed E-state index contributed by atoms with van der Waals surface area (Å²) in [6, 6.07) is 22.2. The third-order valence-corrected chi connectivity index (χ3v) is 5.82. The highest BCUT2D eigenvalue weighted by molar-refractivity contribution is 7.92. The van der Waals surface area contributed by atoms with Crippen LogP contribution in [-0.2, 0) is 10.0 Å². The van der Waals surface area contributed by atoms with Crippen molar-refractivity contribution in [1.29, 1.82) is 0 Å². The zero-order chi connectivity index (χ0) is 19.7. The van der Waals surface area contributed by atoms with Gasteiger partial charge >= 0.3 is 5.63 Å². The van der Waals surface area contributed by atoms with E-state index >= 15 is 0 Å². The van der Waals surface area contributed by atoms with Gasteiger partial charge in [-0.2, -0.15) is 0 Å². The largest absolute Gasteiger partial charge is 0.422 e. The fraction of sp³-hybridized carbons (Fsp3) is 0.0455. The molecule has 0 amide bonds. The molecular formula is C22H17NO4S. The van der Waals surface area contributed by atoms with Gasteiger partial charge in [0.2, 0.25) is 0 Å². The number of sulfonamides is 1. The van der Waals surface area contributed by atoms with Crippen LogP contribution < -0.4 is 10.3 Å². The molecule has 4 aromatic rings. The van der Waals surface area contributed by atoms with Crippen LogP contribution >= 0.6 is 0 Å². The Morgan fingerprint density at radius 2 is 1.54 bits per heavy atom. The molecule has 1 heterocycles. The molecule has 0 aliphatic carbocycles. The van der Waals surface area contributed by atoms with Crippen molar-refractivity contribution in [2.24, 2.45) is 0 Å². The smallest absolute Gasteiger partial charge is 0.344 e. The van der Waals surface area contributed by atoms with Gasteiger partial charge in [-0.15, -0.1) is 0 Å². The maximum Gasteiger partial charge on any atom is 0.344 e. The first-order chi connectivity index (χ1) is 13.4. The minimum absolute atomic E-state index is 0.113. The number of para-hydroxylation sites is 1. The van der Waals surface area contributed by atoms with Gasteiger partial charge in [-0.05, 0) is 48.9 Å². The van der Waals surface area contributed by atoms with E-state index in [9.17, 15) is 13.2 Å². The highest BCUT2D eigenvalue weighted by Crippen LogP contribution is 2.23. The van der Waals surface area contributed by atoms with E-state index < -0.39 is 15.6 Å². The summed E-state index contributed by atoms with van der Waals surface area (Å²) in [6.07, 6.45) is 0. The Hall–Kier alpha value is -3.38. The number of fused-ring (bicyclic) bond motifs is 1. The quantitative estimate of drug-likeness (QED) is 0.517. The number of nitrogens with one attached hydrogen (secondary N) is 1. The van der Waals surface area contributed by atoms with Crippen molar-refractivity contribution in [3.63, 3.8) is 0 Å². The summed E-state index contributed by atoms with van der Waals surface area (Å²) >= 11 is 0. The third kappa shape index (κ3) is 3.54. The molecule has 1 N–H and O–H groups in total. The monoisotopic (exact) mass is 391 g/mol. The summed E-state index contributed by atoms with van der Waals surface area (Å²) in [5.74, 6) is 0.